The van der Waals surface area contributed by atoms with Gasteiger partial charge >= 0.3 is 0 Å². The molecule has 1 saturated carbocycles. The first-order valence-electron chi connectivity index (χ1n) is 7.36. The Labute approximate surface area is 132 Å². The van der Waals surface area contributed by atoms with Crippen LogP contribution in [0.1, 0.15) is 31.7 Å². The molecule has 112 valence electrons. The van der Waals surface area contributed by atoms with Crippen LogP contribution in [0.5, 0.6) is 0 Å². The zero-order valence-electron chi connectivity index (χ0n) is 12.7. The third-order valence-corrected chi connectivity index (χ3v) is 4.93. The first-order chi connectivity index (χ1) is 9.63. The average molecular weight is 313 g/mol. The Morgan fingerprint density at radius 2 is 2.20 bits per heavy atom. The molecule has 0 radical (unpaired) electrons. The lowest BCUT2D eigenvalue weighted by atomic mass is 10.1. The van der Waals surface area contributed by atoms with E-state index in [9.17, 15) is 0 Å². The van der Waals surface area contributed by atoms with Crippen molar-refractivity contribution in [2.45, 2.75) is 44.8 Å². The largest absolute Gasteiger partial charge is 0.370 e. The lowest BCUT2D eigenvalue weighted by molar-refractivity contribution is 0.653. The minimum Gasteiger partial charge on any atom is -0.370 e. The van der Waals surface area contributed by atoms with E-state index in [-0.39, 0.29) is 0 Å². The summed E-state index contributed by atoms with van der Waals surface area (Å²) in [6, 6.07) is 7.46. The second-order valence-corrected chi connectivity index (χ2v) is 7.04. The van der Waals surface area contributed by atoms with Gasteiger partial charge in [-0.15, -0.1) is 0 Å². The maximum Gasteiger partial charge on any atom is 0.0642 e. The van der Waals surface area contributed by atoms with Crippen LogP contribution in [0.4, 0.5) is 5.69 Å². The summed E-state index contributed by atoms with van der Waals surface area (Å²) in [5.74, 6) is 1.19. The molecule has 1 aliphatic carbocycles. The van der Waals surface area contributed by atoms with E-state index in [4.69, 9.17) is 11.6 Å². The predicted molar refractivity (Wildman–Crippen MR) is 92.2 cm³/mol. The topological polar surface area (TPSA) is 15.3 Å². The molecule has 1 unspecified atom stereocenters. The molecule has 0 aromatic heterocycles. The van der Waals surface area contributed by atoms with Gasteiger partial charge in [0.15, 0.2) is 0 Å². The number of nitrogens with one attached hydrogen (secondary N) is 1. The quantitative estimate of drug-likeness (QED) is 0.775. The maximum atomic E-state index is 6.46. The highest BCUT2D eigenvalue weighted by molar-refractivity contribution is 7.98. The van der Waals surface area contributed by atoms with E-state index >= 15 is 0 Å². The second-order valence-electron chi connectivity index (χ2n) is 5.64. The van der Waals surface area contributed by atoms with Gasteiger partial charge in [0.1, 0.15) is 0 Å². The molecule has 1 aliphatic rings. The summed E-state index contributed by atoms with van der Waals surface area (Å²) in [7, 11) is 2.16. The molecule has 0 spiro atoms. The molecule has 1 aromatic carbocycles. The fourth-order valence-electron chi connectivity index (χ4n) is 2.34. The zero-order chi connectivity index (χ0) is 14.5. The molecule has 20 heavy (non-hydrogen) atoms. The van der Waals surface area contributed by atoms with E-state index in [0.29, 0.717) is 6.04 Å². The SMILES string of the molecule is CSCCC(C)N(C)c1c(Cl)cccc1CNC1CC1. The molecule has 1 N–H and O–H groups in total. The summed E-state index contributed by atoms with van der Waals surface area (Å²) >= 11 is 8.36. The number of nitrogens with zero attached hydrogens (tertiary/aromatic N) is 1. The Balaban J connectivity index is 2.10. The highest BCUT2D eigenvalue weighted by Crippen LogP contribution is 2.32. The standard InChI is InChI=1S/C16H25ClN2S/c1-12(9-10-20-3)19(2)16-13(5-4-6-15(16)17)11-18-14-7-8-14/h4-6,12,14,18H,7-11H2,1-3H3. The molecule has 2 nitrogen and oxygen atoms in total. The van der Waals surface area contributed by atoms with E-state index in [1.165, 1.54) is 36.3 Å². The third-order valence-electron chi connectivity index (χ3n) is 3.98. The van der Waals surface area contributed by atoms with E-state index in [1.807, 2.05) is 17.8 Å². The molecule has 2 rings (SSSR count). The maximum absolute atomic E-state index is 6.46. The van der Waals surface area contributed by atoms with E-state index in [0.717, 1.165) is 17.6 Å². The molecule has 4 heteroatoms. The number of benzene rings is 1. The molecule has 0 saturated heterocycles. The van der Waals surface area contributed by atoms with E-state index in [2.05, 4.69) is 42.6 Å². The van der Waals surface area contributed by atoms with E-state index in [1.54, 1.807) is 0 Å². The summed E-state index contributed by atoms with van der Waals surface area (Å²) < 4.78 is 0. The lowest BCUT2D eigenvalue weighted by Gasteiger charge is -2.30. The van der Waals surface area contributed by atoms with Gasteiger partial charge in [0.2, 0.25) is 0 Å². The van der Waals surface area contributed by atoms with Crippen LogP contribution in [-0.4, -0.2) is 31.1 Å². The normalized spacial score (nSPS) is 16.2. The van der Waals surface area contributed by atoms with Crippen LogP contribution >= 0.6 is 23.4 Å². The molecule has 0 amide bonds. The number of hydrogen-bond donors (Lipinski definition) is 1. The van der Waals surface area contributed by atoms with Crippen molar-refractivity contribution in [1.29, 1.82) is 0 Å². The first-order valence-corrected chi connectivity index (χ1v) is 9.13. The highest BCUT2D eigenvalue weighted by Gasteiger charge is 2.22. The van der Waals surface area contributed by atoms with Crippen LogP contribution in [-0.2, 0) is 6.54 Å². The lowest BCUT2D eigenvalue weighted by Crippen LogP contribution is -2.31. The van der Waals surface area contributed by atoms with Crippen LogP contribution in [0, 0.1) is 0 Å². The predicted octanol–water partition coefficient (Wildman–Crippen LogP) is 4.17. The number of rotatable bonds is 8. The fraction of sp³-hybridized carbons (Fsp3) is 0.625. The number of anilines is 1. The summed E-state index contributed by atoms with van der Waals surface area (Å²) in [6.07, 6.45) is 5.97. The average Bonchev–Trinajstić information content (AvgIpc) is 3.26. The van der Waals surface area contributed by atoms with Crippen molar-refractivity contribution in [2.24, 2.45) is 0 Å². The minimum absolute atomic E-state index is 0.502. The summed E-state index contributed by atoms with van der Waals surface area (Å²) in [6.45, 7) is 3.19. The Morgan fingerprint density at radius 3 is 2.85 bits per heavy atom. The Morgan fingerprint density at radius 1 is 1.45 bits per heavy atom. The third kappa shape index (κ3) is 4.31. The first kappa shape index (κ1) is 16.0. The van der Waals surface area contributed by atoms with Gasteiger partial charge in [-0.3, -0.25) is 0 Å². The second kappa shape index (κ2) is 7.58. The number of thioether (sulfide) groups is 1. The summed E-state index contributed by atoms with van der Waals surface area (Å²) in [5, 5.41) is 4.45. The molecular weight excluding hydrogens is 288 g/mol. The molecule has 1 fully saturated rings. The van der Waals surface area contributed by atoms with Crippen LogP contribution < -0.4 is 10.2 Å². The van der Waals surface area contributed by atoms with E-state index < -0.39 is 0 Å². The minimum atomic E-state index is 0.502. The molecule has 0 aliphatic heterocycles. The number of halogens is 1. The van der Waals surface area contributed by atoms with Crippen molar-refractivity contribution < 1.29 is 0 Å². The Bertz CT molecular complexity index is 434. The van der Waals surface area contributed by atoms with Gasteiger partial charge in [-0.05, 0) is 49.8 Å². The zero-order valence-corrected chi connectivity index (χ0v) is 14.2. The van der Waals surface area contributed by atoms with Gasteiger partial charge < -0.3 is 10.2 Å². The number of hydrogen-bond acceptors (Lipinski definition) is 3. The van der Waals surface area contributed by atoms with Gasteiger partial charge in [0.25, 0.3) is 0 Å². The molecule has 1 aromatic rings. The molecule has 0 bridgehead atoms. The van der Waals surface area contributed by atoms with Gasteiger partial charge in [-0.2, -0.15) is 11.8 Å². The Hall–Kier alpha value is -0.380. The molecular formula is C16H25ClN2S. The van der Waals surface area contributed by atoms with Crippen molar-refractivity contribution in [1.82, 2.24) is 5.32 Å². The molecule has 1 atom stereocenters. The van der Waals surface area contributed by atoms with Gasteiger partial charge in [-0.25, -0.2) is 0 Å². The van der Waals surface area contributed by atoms with Crippen LogP contribution in [0.2, 0.25) is 5.02 Å². The van der Waals surface area contributed by atoms with Crippen molar-refractivity contribution in [3.63, 3.8) is 0 Å². The van der Waals surface area contributed by atoms with Gasteiger partial charge in [-0.1, -0.05) is 23.7 Å². The van der Waals surface area contributed by atoms with Crippen LogP contribution in [0.3, 0.4) is 0 Å². The van der Waals surface area contributed by atoms with Crippen LogP contribution in [0.25, 0.3) is 0 Å². The number of para-hydroxylation sites is 1. The van der Waals surface area contributed by atoms with Crippen LogP contribution in [0.15, 0.2) is 18.2 Å². The highest BCUT2D eigenvalue weighted by atomic mass is 35.5. The van der Waals surface area contributed by atoms with Crippen molar-refractivity contribution in [3.05, 3.63) is 28.8 Å². The monoisotopic (exact) mass is 312 g/mol. The van der Waals surface area contributed by atoms with Gasteiger partial charge in [0.05, 0.1) is 10.7 Å². The molecule has 0 heterocycles. The van der Waals surface area contributed by atoms with Crippen molar-refractivity contribution >= 4 is 29.1 Å². The smallest absolute Gasteiger partial charge is 0.0642 e. The van der Waals surface area contributed by atoms with Crippen molar-refractivity contribution in [2.75, 3.05) is 24.0 Å². The van der Waals surface area contributed by atoms with Gasteiger partial charge in [0, 0.05) is 25.7 Å². The van der Waals surface area contributed by atoms with Crippen molar-refractivity contribution in [3.8, 4) is 0 Å². The Kier molecular flexibility index (Phi) is 6.06. The summed E-state index contributed by atoms with van der Waals surface area (Å²) in [5.41, 5.74) is 2.50. The summed E-state index contributed by atoms with van der Waals surface area (Å²) in [4.78, 5) is 2.34. The fourth-order valence-corrected chi connectivity index (χ4v) is 3.25.